The number of rotatable bonds is 5. The molecule has 3 rings (SSSR count). The molecule has 4 nitrogen and oxygen atoms in total. The summed E-state index contributed by atoms with van der Waals surface area (Å²) in [5, 5.41) is 3.16. The molecule has 0 saturated carbocycles. The van der Waals surface area contributed by atoms with Gasteiger partial charge in [0.05, 0.1) is 15.1 Å². The van der Waals surface area contributed by atoms with E-state index in [2.05, 4.69) is 32.8 Å². The molecule has 0 atom stereocenters. The Labute approximate surface area is 163 Å². The monoisotopic (exact) mass is 432 g/mol. The van der Waals surface area contributed by atoms with Gasteiger partial charge in [-0.1, -0.05) is 18.7 Å². The molecule has 0 aromatic heterocycles. The number of nitrogens with zero attached hydrogens (tertiary/aromatic N) is 1. The quantitative estimate of drug-likeness (QED) is 0.531. The van der Waals surface area contributed by atoms with Crippen LogP contribution >= 0.6 is 27.7 Å². The predicted molar refractivity (Wildman–Crippen MR) is 107 cm³/mol. The average molecular weight is 433 g/mol. The average Bonchev–Trinajstić information content (AvgIpc) is 2.95. The third-order valence-electron chi connectivity index (χ3n) is 3.32. The fraction of sp³-hybridized carbons (Fsp3) is 0.0526. The van der Waals surface area contributed by atoms with Crippen LogP contribution in [0, 0.1) is 5.82 Å². The Hall–Kier alpha value is -2.38. The van der Waals surface area contributed by atoms with Gasteiger partial charge in [-0.05, 0) is 75.7 Å². The molecule has 26 heavy (non-hydrogen) atoms. The maximum absolute atomic E-state index is 12.9. The molecule has 1 fully saturated rings. The van der Waals surface area contributed by atoms with Gasteiger partial charge in [-0.15, -0.1) is 0 Å². The van der Waals surface area contributed by atoms with Crippen molar-refractivity contribution in [3.05, 3.63) is 75.9 Å². The molecule has 7 heteroatoms. The molecule has 0 unspecified atom stereocenters. The molecule has 1 aliphatic rings. The summed E-state index contributed by atoms with van der Waals surface area (Å²) in [5.41, 5.74) is 1.42. The minimum Gasteiger partial charge on any atom is -0.488 e. The standard InChI is InChI=1S/C19H14BrFN2O2S/c1-2-9-25-16-8-3-12(10-15(16)20)11-17-18(24)23-19(26-17)22-14-6-4-13(21)5-7-14/h2-8,10-11H,1,9H2,(H,22,23,24)/b17-11+. The second-order valence-corrected chi connectivity index (χ2v) is 7.13. The summed E-state index contributed by atoms with van der Waals surface area (Å²) in [6.45, 7) is 4.03. The number of amides is 1. The summed E-state index contributed by atoms with van der Waals surface area (Å²) in [6, 6.07) is 11.3. The normalized spacial score (nSPS) is 16.8. The van der Waals surface area contributed by atoms with E-state index in [1.54, 1.807) is 24.3 Å². The summed E-state index contributed by atoms with van der Waals surface area (Å²) in [7, 11) is 0. The maximum atomic E-state index is 12.9. The van der Waals surface area contributed by atoms with Crippen LogP contribution in [-0.4, -0.2) is 17.7 Å². The smallest absolute Gasteiger partial charge is 0.264 e. The van der Waals surface area contributed by atoms with E-state index in [4.69, 9.17) is 4.74 Å². The van der Waals surface area contributed by atoms with Crippen molar-refractivity contribution in [1.29, 1.82) is 0 Å². The number of ether oxygens (including phenoxy) is 1. The number of carbonyl (C=O) groups excluding carboxylic acids is 1. The van der Waals surface area contributed by atoms with Crippen molar-refractivity contribution in [2.75, 3.05) is 6.61 Å². The number of hydrogen-bond acceptors (Lipinski definition) is 4. The zero-order chi connectivity index (χ0) is 18.5. The maximum Gasteiger partial charge on any atom is 0.264 e. The SMILES string of the molecule is C=CCOc1ccc(/C=C2/SC(=Nc3ccc(F)cc3)NC2=O)cc1Br. The van der Waals surface area contributed by atoms with Crippen LogP contribution in [0.25, 0.3) is 6.08 Å². The van der Waals surface area contributed by atoms with Crippen molar-refractivity contribution < 1.29 is 13.9 Å². The third kappa shape index (κ3) is 4.62. The van der Waals surface area contributed by atoms with E-state index < -0.39 is 0 Å². The summed E-state index contributed by atoms with van der Waals surface area (Å²) in [4.78, 5) is 17.0. The molecule has 1 N–H and O–H groups in total. The first-order valence-electron chi connectivity index (χ1n) is 7.63. The van der Waals surface area contributed by atoms with E-state index in [1.165, 1.54) is 23.9 Å². The van der Waals surface area contributed by atoms with E-state index in [0.717, 1.165) is 10.0 Å². The summed E-state index contributed by atoms with van der Waals surface area (Å²) >= 11 is 4.69. The lowest BCUT2D eigenvalue weighted by molar-refractivity contribution is -0.115. The lowest BCUT2D eigenvalue weighted by atomic mass is 10.2. The Bertz CT molecular complexity index is 910. The van der Waals surface area contributed by atoms with Crippen LogP contribution in [0.2, 0.25) is 0 Å². The fourth-order valence-electron chi connectivity index (χ4n) is 2.14. The van der Waals surface area contributed by atoms with Gasteiger partial charge >= 0.3 is 0 Å². The number of halogens is 2. The lowest BCUT2D eigenvalue weighted by Gasteiger charge is -2.06. The molecular weight excluding hydrogens is 419 g/mol. The van der Waals surface area contributed by atoms with Gasteiger partial charge in [0.1, 0.15) is 18.2 Å². The molecule has 2 aromatic carbocycles. The van der Waals surface area contributed by atoms with E-state index in [9.17, 15) is 9.18 Å². The summed E-state index contributed by atoms with van der Waals surface area (Å²) in [5.74, 6) is 0.150. The minimum atomic E-state index is -0.330. The second kappa shape index (κ2) is 8.33. The highest BCUT2D eigenvalue weighted by Crippen LogP contribution is 2.31. The number of amidine groups is 1. The van der Waals surface area contributed by atoms with Gasteiger partial charge in [-0.3, -0.25) is 4.79 Å². The van der Waals surface area contributed by atoms with Crippen LogP contribution in [0.3, 0.4) is 0 Å². The number of benzene rings is 2. The number of nitrogens with one attached hydrogen (secondary N) is 1. The van der Waals surface area contributed by atoms with Crippen molar-refractivity contribution in [2.45, 2.75) is 0 Å². The van der Waals surface area contributed by atoms with Crippen molar-refractivity contribution in [1.82, 2.24) is 5.32 Å². The van der Waals surface area contributed by atoms with Gasteiger partial charge in [0.2, 0.25) is 0 Å². The molecule has 2 aromatic rings. The Morgan fingerprint density at radius 2 is 2.04 bits per heavy atom. The van der Waals surface area contributed by atoms with Gasteiger partial charge in [0.25, 0.3) is 5.91 Å². The van der Waals surface area contributed by atoms with Crippen molar-refractivity contribution in [2.24, 2.45) is 4.99 Å². The van der Waals surface area contributed by atoms with Crippen LogP contribution in [0.15, 0.2) is 69.5 Å². The zero-order valence-corrected chi connectivity index (χ0v) is 15.9. The van der Waals surface area contributed by atoms with Crippen LogP contribution < -0.4 is 10.1 Å². The molecule has 0 aliphatic carbocycles. The zero-order valence-electron chi connectivity index (χ0n) is 13.5. The van der Waals surface area contributed by atoms with E-state index in [1.807, 2.05) is 18.2 Å². The molecule has 0 bridgehead atoms. The predicted octanol–water partition coefficient (Wildman–Crippen LogP) is 5.04. The molecule has 132 valence electrons. The molecule has 1 aliphatic heterocycles. The largest absolute Gasteiger partial charge is 0.488 e. The van der Waals surface area contributed by atoms with Gasteiger partial charge in [-0.2, -0.15) is 0 Å². The molecule has 0 radical (unpaired) electrons. The Morgan fingerprint density at radius 3 is 2.73 bits per heavy atom. The van der Waals surface area contributed by atoms with Crippen LogP contribution in [0.4, 0.5) is 10.1 Å². The highest BCUT2D eigenvalue weighted by molar-refractivity contribution is 9.10. The highest BCUT2D eigenvalue weighted by Gasteiger charge is 2.23. The molecule has 1 saturated heterocycles. The first-order valence-corrected chi connectivity index (χ1v) is 9.24. The van der Waals surface area contributed by atoms with Crippen molar-refractivity contribution >= 4 is 50.5 Å². The first-order chi connectivity index (χ1) is 12.5. The van der Waals surface area contributed by atoms with Gasteiger partial charge < -0.3 is 10.1 Å². The number of thioether (sulfide) groups is 1. The minimum absolute atomic E-state index is 0.223. The number of aliphatic imine (C=N–C) groups is 1. The highest BCUT2D eigenvalue weighted by atomic mass is 79.9. The second-order valence-electron chi connectivity index (χ2n) is 5.25. The van der Waals surface area contributed by atoms with Crippen molar-refractivity contribution in [3.63, 3.8) is 0 Å². The Kier molecular flexibility index (Phi) is 5.90. The van der Waals surface area contributed by atoms with Crippen LogP contribution in [0.5, 0.6) is 5.75 Å². The third-order valence-corrected chi connectivity index (χ3v) is 4.85. The van der Waals surface area contributed by atoms with Gasteiger partial charge in [0.15, 0.2) is 5.17 Å². The molecule has 1 heterocycles. The molecule has 0 spiro atoms. The first kappa shape index (κ1) is 18.4. The summed E-state index contributed by atoms with van der Waals surface area (Å²) < 4.78 is 19.2. The fourth-order valence-corrected chi connectivity index (χ4v) is 3.49. The Balaban J connectivity index is 1.77. The van der Waals surface area contributed by atoms with Gasteiger partial charge in [-0.25, -0.2) is 9.38 Å². The van der Waals surface area contributed by atoms with E-state index in [-0.39, 0.29) is 11.7 Å². The van der Waals surface area contributed by atoms with Crippen molar-refractivity contribution in [3.8, 4) is 5.75 Å². The number of carbonyl (C=O) groups is 1. The lowest BCUT2D eigenvalue weighted by Crippen LogP contribution is -2.19. The topological polar surface area (TPSA) is 50.7 Å². The van der Waals surface area contributed by atoms with Crippen LogP contribution in [0.1, 0.15) is 5.56 Å². The van der Waals surface area contributed by atoms with Crippen LogP contribution in [-0.2, 0) is 4.79 Å². The van der Waals surface area contributed by atoms with E-state index in [0.29, 0.717) is 28.1 Å². The summed E-state index contributed by atoms with van der Waals surface area (Å²) in [6.07, 6.45) is 3.44. The Morgan fingerprint density at radius 1 is 1.27 bits per heavy atom. The molecular formula is C19H14BrFN2O2S. The van der Waals surface area contributed by atoms with Gasteiger partial charge in [0, 0.05) is 0 Å². The molecule has 1 amide bonds. The number of hydrogen-bond donors (Lipinski definition) is 1. The van der Waals surface area contributed by atoms with E-state index >= 15 is 0 Å².